The Morgan fingerprint density at radius 1 is 1.21 bits per heavy atom. The molecular formula is C24H22F3N3O3S. The molecule has 4 rings (SSSR count). The number of benzene rings is 2. The summed E-state index contributed by atoms with van der Waals surface area (Å²) in [6, 6.07) is 12.2. The standard InChI is InChI=1S/C24H22F3N3O3S/c1-33-20(31)10-5-15-3-7-17(8-4-15)30-22(34)29(21(32)23(30)11-2-12-23)18-9-6-16(14-28)19(13-18)24(25,26)27/h3-4,6-9,13,22,34H,2,5,10-12H2,1H3. The Hall–Kier alpha value is -3.19. The first-order chi connectivity index (χ1) is 16.1. The largest absolute Gasteiger partial charge is 0.469 e. The van der Waals surface area contributed by atoms with Gasteiger partial charge in [0.1, 0.15) is 5.54 Å². The third-order valence-electron chi connectivity index (χ3n) is 6.49. The number of ether oxygens (including phenoxy) is 1. The summed E-state index contributed by atoms with van der Waals surface area (Å²) >= 11 is 4.65. The van der Waals surface area contributed by atoms with Gasteiger partial charge in [-0.3, -0.25) is 14.5 Å². The molecule has 1 heterocycles. The number of rotatable bonds is 5. The zero-order chi connectivity index (χ0) is 24.7. The molecule has 1 amide bonds. The molecule has 2 aliphatic rings. The highest BCUT2D eigenvalue weighted by Crippen LogP contribution is 2.50. The molecule has 1 aliphatic carbocycles. The lowest BCUT2D eigenvalue weighted by Gasteiger charge is -2.44. The summed E-state index contributed by atoms with van der Waals surface area (Å²) in [5, 5.41) is 9.09. The van der Waals surface area contributed by atoms with Gasteiger partial charge < -0.3 is 9.64 Å². The van der Waals surface area contributed by atoms with Crippen molar-refractivity contribution in [2.45, 2.75) is 49.3 Å². The first-order valence-corrected chi connectivity index (χ1v) is 11.2. The van der Waals surface area contributed by atoms with Crippen LogP contribution in [0.2, 0.25) is 0 Å². The zero-order valence-electron chi connectivity index (χ0n) is 18.3. The molecule has 178 valence electrons. The van der Waals surface area contributed by atoms with Crippen molar-refractivity contribution >= 4 is 35.9 Å². The fraction of sp³-hybridized carbons (Fsp3) is 0.375. The van der Waals surface area contributed by atoms with E-state index in [9.17, 15) is 22.8 Å². The Balaban J connectivity index is 1.67. The monoisotopic (exact) mass is 489 g/mol. The summed E-state index contributed by atoms with van der Waals surface area (Å²) in [5.74, 6) is -0.624. The molecule has 0 N–H and O–H groups in total. The number of nitrogens with zero attached hydrogens (tertiary/aromatic N) is 3. The first kappa shape index (κ1) is 24.0. The maximum absolute atomic E-state index is 13.5. The van der Waals surface area contributed by atoms with Crippen LogP contribution < -0.4 is 9.80 Å². The lowest BCUT2D eigenvalue weighted by Crippen LogP contribution is -2.55. The van der Waals surface area contributed by atoms with Crippen molar-refractivity contribution in [3.8, 4) is 6.07 Å². The summed E-state index contributed by atoms with van der Waals surface area (Å²) < 4.78 is 45.2. The number of alkyl halides is 3. The summed E-state index contributed by atoms with van der Waals surface area (Å²) in [6.07, 6.45) is -2.05. The molecule has 1 spiro atoms. The van der Waals surface area contributed by atoms with E-state index in [1.165, 1.54) is 18.1 Å². The molecule has 2 aromatic carbocycles. The van der Waals surface area contributed by atoms with Gasteiger partial charge in [-0.1, -0.05) is 12.1 Å². The van der Waals surface area contributed by atoms with Gasteiger partial charge in [0.15, 0.2) is 5.50 Å². The molecule has 10 heteroatoms. The van der Waals surface area contributed by atoms with Crippen molar-refractivity contribution < 1.29 is 27.5 Å². The van der Waals surface area contributed by atoms with E-state index >= 15 is 0 Å². The maximum Gasteiger partial charge on any atom is 0.417 e. The quantitative estimate of drug-likeness (QED) is 0.488. The van der Waals surface area contributed by atoms with Crippen LogP contribution in [0, 0.1) is 11.3 Å². The van der Waals surface area contributed by atoms with Crippen LogP contribution in [0.15, 0.2) is 42.5 Å². The van der Waals surface area contributed by atoms with Crippen molar-refractivity contribution in [2.24, 2.45) is 0 Å². The van der Waals surface area contributed by atoms with E-state index < -0.39 is 28.3 Å². The zero-order valence-corrected chi connectivity index (χ0v) is 19.2. The molecule has 0 radical (unpaired) electrons. The molecule has 1 saturated heterocycles. The number of carbonyl (C=O) groups is 2. The molecule has 1 unspecified atom stereocenters. The predicted molar refractivity (Wildman–Crippen MR) is 122 cm³/mol. The van der Waals surface area contributed by atoms with Crippen molar-refractivity contribution in [1.82, 2.24) is 0 Å². The highest BCUT2D eigenvalue weighted by Gasteiger charge is 2.60. The molecule has 0 aromatic heterocycles. The van der Waals surface area contributed by atoms with Crippen LogP contribution in [0.25, 0.3) is 0 Å². The number of nitriles is 1. The number of amides is 1. The molecule has 34 heavy (non-hydrogen) atoms. The van der Waals surface area contributed by atoms with Gasteiger partial charge in [-0.2, -0.15) is 18.4 Å². The van der Waals surface area contributed by atoms with Gasteiger partial charge in [0.2, 0.25) is 0 Å². The Morgan fingerprint density at radius 2 is 1.85 bits per heavy atom. The Bertz CT molecular complexity index is 1160. The Morgan fingerprint density at radius 3 is 2.38 bits per heavy atom. The Labute approximate surface area is 200 Å². The minimum atomic E-state index is -4.73. The summed E-state index contributed by atoms with van der Waals surface area (Å²) in [5.41, 5.74) is -1.64. The molecule has 0 bridgehead atoms. The van der Waals surface area contributed by atoms with Gasteiger partial charge in [-0.25, -0.2) is 0 Å². The number of hydrogen-bond donors (Lipinski definition) is 1. The van der Waals surface area contributed by atoms with E-state index in [4.69, 9.17) is 5.26 Å². The molecule has 1 saturated carbocycles. The third kappa shape index (κ3) is 3.98. The highest BCUT2D eigenvalue weighted by molar-refractivity contribution is 7.81. The smallest absolute Gasteiger partial charge is 0.417 e. The second kappa shape index (κ2) is 8.87. The van der Waals surface area contributed by atoms with Crippen LogP contribution >= 0.6 is 12.6 Å². The van der Waals surface area contributed by atoms with Gasteiger partial charge in [-0.05, 0) is 61.6 Å². The molecular weight excluding hydrogens is 467 g/mol. The number of esters is 1. The van der Waals surface area contributed by atoms with E-state index in [2.05, 4.69) is 17.4 Å². The number of halogens is 3. The second-order valence-corrected chi connectivity index (χ2v) is 8.82. The van der Waals surface area contributed by atoms with E-state index in [-0.39, 0.29) is 24.0 Å². The fourth-order valence-electron chi connectivity index (χ4n) is 4.55. The average molecular weight is 490 g/mol. The van der Waals surface area contributed by atoms with Crippen LogP contribution in [0.5, 0.6) is 0 Å². The van der Waals surface area contributed by atoms with Crippen LogP contribution in [-0.4, -0.2) is 30.0 Å². The van der Waals surface area contributed by atoms with Crippen molar-refractivity contribution in [3.63, 3.8) is 0 Å². The number of methoxy groups -OCH3 is 1. The van der Waals surface area contributed by atoms with Crippen LogP contribution in [0.4, 0.5) is 24.5 Å². The van der Waals surface area contributed by atoms with E-state index in [0.29, 0.717) is 24.9 Å². The van der Waals surface area contributed by atoms with Crippen molar-refractivity contribution in [1.29, 1.82) is 5.26 Å². The summed E-state index contributed by atoms with van der Waals surface area (Å²) in [7, 11) is 1.33. The van der Waals surface area contributed by atoms with E-state index in [0.717, 1.165) is 24.1 Å². The molecule has 1 atom stereocenters. The van der Waals surface area contributed by atoms with Crippen LogP contribution in [0.1, 0.15) is 42.4 Å². The fourth-order valence-corrected chi connectivity index (χ4v) is 5.14. The number of carbonyl (C=O) groups excluding carboxylic acids is 2. The first-order valence-electron chi connectivity index (χ1n) is 10.7. The summed E-state index contributed by atoms with van der Waals surface area (Å²) in [4.78, 5) is 28.0. The molecule has 6 nitrogen and oxygen atoms in total. The lowest BCUT2D eigenvalue weighted by atomic mass is 9.75. The van der Waals surface area contributed by atoms with E-state index in [1.54, 1.807) is 6.07 Å². The topological polar surface area (TPSA) is 73.6 Å². The van der Waals surface area contributed by atoms with Gasteiger partial charge in [0, 0.05) is 17.8 Å². The average Bonchev–Trinajstić information content (AvgIpc) is 3.03. The maximum atomic E-state index is 13.5. The molecule has 2 aromatic rings. The van der Waals surface area contributed by atoms with Crippen molar-refractivity contribution in [2.75, 3.05) is 16.9 Å². The van der Waals surface area contributed by atoms with Crippen molar-refractivity contribution in [3.05, 3.63) is 59.2 Å². The molecule has 2 fully saturated rings. The number of hydrogen-bond acceptors (Lipinski definition) is 6. The minimum absolute atomic E-state index is 0.0415. The number of aryl methyl sites for hydroxylation is 1. The van der Waals surface area contributed by atoms with Gasteiger partial charge in [0.25, 0.3) is 5.91 Å². The lowest BCUT2D eigenvalue weighted by molar-refractivity contribution is -0.140. The summed E-state index contributed by atoms with van der Waals surface area (Å²) in [6.45, 7) is 0. The van der Waals surface area contributed by atoms with Gasteiger partial charge >= 0.3 is 12.1 Å². The third-order valence-corrected chi connectivity index (χ3v) is 6.95. The van der Waals surface area contributed by atoms with Crippen LogP contribution in [0.3, 0.4) is 0 Å². The van der Waals surface area contributed by atoms with Gasteiger partial charge in [-0.15, -0.1) is 12.6 Å². The van der Waals surface area contributed by atoms with E-state index in [1.807, 2.05) is 29.2 Å². The molecule has 1 aliphatic heterocycles. The second-order valence-electron chi connectivity index (χ2n) is 8.36. The predicted octanol–water partition coefficient (Wildman–Crippen LogP) is 4.67. The number of anilines is 2. The highest BCUT2D eigenvalue weighted by atomic mass is 32.1. The Kier molecular flexibility index (Phi) is 6.25. The van der Waals surface area contributed by atoms with Gasteiger partial charge in [0.05, 0.1) is 24.3 Å². The normalized spacial score (nSPS) is 19.2. The minimum Gasteiger partial charge on any atom is -0.469 e. The number of thiol groups is 1. The van der Waals surface area contributed by atoms with Crippen LogP contribution in [-0.2, 0) is 26.9 Å². The SMILES string of the molecule is COC(=O)CCc1ccc(N2C(S)N(c3ccc(C#N)c(C(F)(F)F)c3)C(=O)C23CCC3)cc1.